The van der Waals surface area contributed by atoms with E-state index in [0.717, 1.165) is 12.8 Å². The Morgan fingerprint density at radius 3 is 2.11 bits per heavy atom. The third-order valence-electron chi connectivity index (χ3n) is 4.77. The van der Waals surface area contributed by atoms with Crippen LogP contribution >= 0.6 is 0 Å². The summed E-state index contributed by atoms with van der Waals surface area (Å²) in [5, 5.41) is 0. The number of hydrogen-bond donors (Lipinski definition) is 0. The summed E-state index contributed by atoms with van der Waals surface area (Å²) in [6, 6.07) is 0. The average molecular weight is 254 g/mol. The van der Waals surface area contributed by atoms with Crippen molar-refractivity contribution in [3.63, 3.8) is 0 Å². The normalized spacial score (nSPS) is 14.9. The van der Waals surface area contributed by atoms with Gasteiger partial charge in [-0.25, -0.2) is 0 Å². The quantitative estimate of drug-likeness (QED) is 0.378. The topological polar surface area (TPSA) is 23.6 Å². The third-order valence-corrected chi connectivity index (χ3v) is 4.77. The van der Waals surface area contributed by atoms with E-state index in [4.69, 9.17) is 0 Å². The summed E-state index contributed by atoms with van der Waals surface area (Å²) in [5.41, 5.74) is 0.00507. The van der Waals surface area contributed by atoms with E-state index >= 15 is 0 Å². The summed E-state index contributed by atoms with van der Waals surface area (Å²) in [6.45, 7) is 15.8. The van der Waals surface area contributed by atoms with Crippen LogP contribution in [-0.2, 0) is 4.79 Å². The van der Waals surface area contributed by atoms with Gasteiger partial charge < -0.3 is 4.79 Å². The van der Waals surface area contributed by atoms with Gasteiger partial charge in [-0.3, -0.25) is 9.80 Å². The molecule has 1 atom stereocenters. The summed E-state index contributed by atoms with van der Waals surface area (Å²) in [6.07, 6.45) is 3.85. The molecule has 0 radical (unpaired) electrons. The summed E-state index contributed by atoms with van der Waals surface area (Å²) in [7, 11) is 4.19. The molecular formula is C15H30N2O. The molecule has 1 unspecified atom stereocenters. The molecule has 3 heteroatoms. The van der Waals surface area contributed by atoms with Gasteiger partial charge in [0.1, 0.15) is 6.29 Å². The molecule has 3 nitrogen and oxygen atoms in total. The highest BCUT2D eigenvalue weighted by Crippen LogP contribution is 2.37. The van der Waals surface area contributed by atoms with Crippen molar-refractivity contribution >= 4 is 6.29 Å². The van der Waals surface area contributed by atoms with Gasteiger partial charge in [0, 0.05) is 23.9 Å². The maximum Gasteiger partial charge on any atom is 0.121 e. The molecule has 106 valence electrons. The molecule has 0 amide bonds. The Morgan fingerprint density at radius 2 is 1.72 bits per heavy atom. The molecule has 0 aromatic heterocycles. The van der Waals surface area contributed by atoms with E-state index in [1.807, 2.05) is 6.08 Å². The highest BCUT2D eigenvalue weighted by molar-refractivity contribution is 5.49. The third kappa shape index (κ3) is 3.66. The van der Waals surface area contributed by atoms with Crippen LogP contribution in [0.4, 0.5) is 0 Å². The summed E-state index contributed by atoms with van der Waals surface area (Å²) < 4.78 is 0. The maximum atomic E-state index is 10.5. The zero-order chi connectivity index (χ0) is 14.6. The van der Waals surface area contributed by atoms with Crippen molar-refractivity contribution in [1.82, 2.24) is 9.80 Å². The van der Waals surface area contributed by atoms with Crippen LogP contribution in [0.2, 0.25) is 0 Å². The molecule has 0 aromatic carbocycles. The van der Waals surface area contributed by atoms with E-state index in [1.165, 1.54) is 0 Å². The molecule has 0 rings (SSSR count). The van der Waals surface area contributed by atoms with Crippen molar-refractivity contribution in [2.45, 2.75) is 52.7 Å². The first-order valence-electron chi connectivity index (χ1n) is 6.62. The molecule has 18 heavy (non-hydrogen) atoms. The monoisotopic (exact) mass is 254 g/mol. The molecule has 0 spiro atoms. The Labute approximate surface area is 113 Å². The van der Waals surface area contributed by atoms with Gasteiger partial charge in [-0.2, -0.15) is 0 Å². The lowest BCUT2D eigenvalue weighted by atomic mass is 9.73. The predicted octanol–water partition coefficient (Wildman–Crippen LogP) is 2.78. The molecule has 0 saturated heterocycles. The van der Waals surface area contributed by atoms with Crippen LogP contribution in [0.15, 0.2) is 12.7 Å². The molecule has 0 fully saturated rings. The Morgan fingerprint density at radius 1 is 1.22 bits per heavy atom. The van der Waals surface area contributed by atoms with E-state index in [1.54, 1.807) is 0 Å². The number of hydrogen-bond acceptors (Lipinski definition) is 3. The number of carbonyl (C=O) groups excluding carboxylic acids is 1. The van der Waals surface area contributed by atoms with E-state index in [0.29, 0.717) is 6.42 Å². The van der Waals surface area contributed by atoms with Crippen LogP contribution in [0.3, 0.4) is 0 Å². The molecule has 0 bridgehead atoms. The first kappa shape index (κ1) is 17.3. The molecule has 0 aliphatic rings. The second-order valence-electron chi connectivity index (χ2n) is 6.16. The van der Waals surface area contributed by atoms with Gasteiger partial charge >= 0.3 is 0 Å². The van der Waals surface area contributed by atoms with Gasteiger partial charge in [-0.05, 0) is 34.9 Å². The highest BCUT2D eigenvalue weighted by atomic mass is 16.1. The van der Waals surface area contributed by atoms with Crippen LogP contribution < -0.4 is 0 Å². The van der Waals surface area contributed by atoms with Crippen LogP contribution in [0, 0.1) is 5.41 Å². The fraction of sp³-hybridized carbons (Fsp3) is 0.800. The molecule has 0 N–H and O–H groups in total. The zero-order valence-corrected chi connectivity index (χ0v) is 13.2. The van der Waals surface area contributed by atoms with E-state index < -0.39 is 0 Å². The average Bonchev–Trinajstić information content (AvgIpc) is 2.33. The largest absolute Gasteiger partial charge is 0.303 e. The molecule has 0 aliphatic heterocycles. The molecular weight excluding hydrogens is 224 g/mol. The second kappa shape index (κ2) is 6.48. The summed E-state index contributed by atoms with van der Waals surface area (Å²) in [4.78, 5) is 15.0. The van der Waals surface area contributed by atoms with Crippen LogP contribution in [0.5, 0.6) is 0 Å². The van der Waals surface area contributed by atoms with Gasteiger partial charge in [0.15, 0.2) is 0 Å². The van der Waals surface area contributed by atoms with Gasteiger partial charge in [-0.15, -0.1) is 6.58 Å². The van der Waals surface area contributed by atoms with Crippen molar-refractivity contribution in [3.05, 3.63) is 12.7 Å². The smallest absolute Gasteiger partial charge is 0.121 e. The van der Waals surface area contributed by atoms with Crippen LogP contribution in [-0.4, -0.2) is 48.4 Å². The lowest BCUT2D eigenvalue weighted by Gasteiger charge is -2.50. The minimum absolute atomic E-state index is 0.0103. The SMILES string of the molecule is C=CC(C)(C)C(C)(C)N(C)C(C)N(C)CCC=O. The first-order chi connectivity index (χ1) is 8.11. The lowest BCUT2D eigenvalue weighted by Crippen LogP contribution is -2.58. The number of carbonyl (C=O) groups is 1. The standard InChI is InChI=1S/C15H30N2O/c1-9-14(3,4)15(5,6)17(8)13(2)16(7)11-10-12-18/h9,12-13H,1,10-11H2,2-8H3. The minimum atomic E-state index is -0.0103. The Kier molecular flexibility index (Phi) is 6.24. The van der Waals surface area contributed by atoms with Crippen molar-refractivity contribution < 1.29 is 4.79 Å². The Balaban J connectivity index is 4.86. The lowest BCUT2D eigenvalue weighted by molar-refractivity contribution is -0.108. The highest BCUT2D eigenvalue weighted by Gasteiger charge is 2.40. The first-order valence-corrected chi connectivity index (χ1v) is 6.62. The van der Waals surface area contributed by atoms with Crippen LogP contribution in [0.1, 0.15) is 41.0 Å². The van der Waals surface area contributed by atoms with E-state index in [9.17, 15) is 4.79 Å². The van der Waals surface area contributed by atoms with Crippen LogP contribution in [0.25, 0.3) is 0 Å². The molecule has 0 aliphatic carbocycles. The summed E-state index contributed by atoms with van der Waals surface area (Å²) in [5.74, 6) is 0. The number of rotatable bonds is 8. The Bertz CT molecular complexity index is 284. The second-order valence-corrected chi connectivity index (χ2v) is 6.16. The van der Waals surface area contributed by atoms with Crippen molar-refractivity contribution in [2.24, 2.45) is 5.41 Å². The fourth-order valence-electron chi connectivity index (χ4n) is 1.91. The van der Waals surface area contributed by atoms with Gasteiger partial charge in [0.05, 0.1) is 6.17 Å². The van der Waals surface area contributed by atoms with Crippen molar-refractivity contribution in [1.29, 1.82) is 0 Å². The van der Waals surface area contributed by atoms with Gasteiger partial charge in [0.2, 0.25) is 0 Å². The Hall–Kier alpha value is -0.670. The van der Waals surface area contributed by atoms with Crippen molar-refractivity contribution in [2.75, 3.05) is 20.6 Å². The van der Waals surface area contributed by atoms with Crippen molar-refractivity contribution in [3.8, 4) is 0 Å². The predicted molar refractivity (Wildman–Crippen MR) is 78.6 cm³/mol. The molecule has 0 aromatic rings. The number of aldehydes is 1. The van der Waals surface area contributed by atoms with E-state index in [-0.39, 0.29) is 17.1 Å². The number of nitrogens with zero attached hydrogens (tertiary/aromatic N) is 2. The zero-order valence-electron chi connectivity index (χ0n) is 13.2. The fourth-order valence-corrected chi connectivity index (χ4v) is 1.91. The van der Waals surface area contributed by atoms with Gasteiger partial charge in [0.25, 0.3) is 0 Å². The van der Waals surface area contributed by atoms with E-state index in [2.05, 4.69) is 65.1 Å². The minimum Gasteiger partial charge on any atom is -0.303 e. The maximum absolute atomic E-state index is 10.5. The molecule has 0 heterocycles. The van der Waals surface area contributed by atoms with Gasteiger partial charge in [-0.1, -0.05) is 19.9 Å². The molecule has 0 saturated carbocycles. The summed E-state index contributed by atoms with van der Waals surface area (Å²) >= 11 is 0.